The van der Waals surface area contributed by atoms with Gasteiger partial charge in [0.15, 0.2) is 0 Å². The minimum atomic E-state index is -4.40. The minimum absolute atomic E-state index is 0.00917. The van der Waals surface area contributed by atoms with Crippen molar-refractivity contribution >= 4 is 11.6 Å². The van der Waals surface area contributed by atoms with E-state index in [1.807, 2.05) is 0 Å². The van der Waals surface area contributed by atoms with Gasteiger partial charge in [0.1, 0.15) is 5.69 Å². The van der Waals surface area contributed by atoms with Gasteiger partial charge < -0.3 is 0 Å². The molecule has 0 fully saturated rings. The first-order valence-electron chi connectivity index (χ1n) is 3.54. The molecule has 13 heavy (non-hydrogen) atoms. The van der Waals surface area contributed by atoms with E-state index in [1.54, 1.807) is 6.92 Å². The van der Waals surface area contributed by atoms with Crippen molar-refractivity contribution in [3.63, 3.8) is 0 Å². The number of alkyl halides is 4. The molecule has 1 aromatic heterocycles. The standard InChI is InChI=1S/C8H7ClF3N/c1-5-2-6(4-9)13-7(3-5)8(10,11)12/h2-3H,4H2,1H3. The molecule has 0 aliphatic carbocycles. The fourth-order valence-corrected chi connectivity index (χ4v) is 1.09. The van der Waals surface area contributed by atoms with Crippen LogP contribution in [-0.2, 0) is 12.1 Å². The second-order valence-electron chi connectivity index (χ2n) is 2.65. The van der Waals surface area contributed by atoms with Crippen LogP contribution >= 0.6 is 11.6 Å². The highest BCUT2D eigenvalue weighted by Crippen LogP contribution is 2.28. The largest absolute Gasteiger partial charge is 0.433 e. The molecule has 0 spiro atoms. The summed E-state index contributed by atoms with van der Waals surface area (Å²) >= 11 is 5.39. The van der Waals surface area contributed by atoms with Gasteiger partial charge in [-0.2, -0.15) is 13.2 Å². The molecule has 1 nitrogen and oxygen atoms in total. The summed E-state index contributed by atoms with van der Waals surface area (Å²) in [6.45, 7) is 1.58. The fraction of sp³-hybridized carbons (Fsp3) is 0.375. The maximum Gasteiger partial charge on any atom is 0.433 e. The lowest BCUT2D eigenvalue weighted by atomic mass is 10.2. The Morgan fingerprint density at radius 1 is 1.38 bits per heavy atom. The monoisotopic (exact) mass is 209 g/mol. The Labute approximate surface area is 78.5 Å². The van der Waals surface area contributed by atoms with Crippen LogP contribution in [0.1, 0.15) is 17.0 Å². The molecular weight excluding hydrogens is 203 g/mol. The first-order chi connectivity index (χ1) is 5.93. The van der Waals surface area contributed by atoms with Gasteiger partial charge in [-0.15, -0.1) is 11.6 Å². The first-order valence-corrected chi connectivity index (χ1v) is 4.07. The molecule has 0 amide bonds. The predicted molar refractivity (Wildman–Crippen MR) is 43.5 cm³/mol. The molecule has 1 aromatic rings. The van der Waals surface area contributed by atoms with Gasteiger partial charge in [0.25, 0.3) is 0 Å². The van der Waals surface area contributed by atoms with E-state index in [2.05, 4.69) is 4.98 Å². The normalized spacial score (nSPS) is 11.8. The molecule has 0 saturated carbocycles. The van der Waals surface area contributed by atoms with E-state index < -0.39 is 11.9 Å². The van der Waals surface area contributed by atoms with E-state index in [0.29, 0.717) is 5.56 Å². The zero-order valence-electron chi connectivity index (χ0n) is 6.82. The van der Waals surface area contributed by atoms with Crippen LogP contribution in [0.4, 0.5) is 13.2 Å². The molecule has 0 atom stereocenters. The highest BCUT2D eigenvalue weighted by Gasteiger charge is 2.32. The molecule has 0 bridgehead atoms. The SMILES string of the molecule is Cc1cc(CCl)nc(C(F)(F)F)c1. The summed E-state index contributed by atoms with van der Waals surface area (Å²) in [5.74, 6) is -0.00917. The average Bonchev–Trinajstić information content (AvgIpc) is 2.01. The van der Waals surface area contributed by atoms with Crippen LogP contribution < -0.4 is 0 Å². The summed E-state index contributed by atoms with van der Waals surface area (Å²) in [6.07, 6.45) is -4.40. The molecule has 0 saturated heterocycles. The molecule has 0 N–H and O–H groups in total. The van der Waals surface area contributed by atoms with Crippen molar-refractivity contribution < 1.29 is 13.2 Å². The van der Waals surface area contributed by atoms with Crippen LogP contribution in [0.2, 0.25) is 0 Å². The van der Waals surface area contributed by atoms with Crippen LogP contribution in [0.25, 0.3) is 0 Å². The van der Waals surface area contributed by atoms with Gasteiger partial charge in [-0.3, -0.25) is 0 Å². The first kappa shape index (κ1) is 10.3. The number of nitrogens with zero attached hydrogens (tertiary/aromatic N) is 1. The van der Waals surface area contributed by atoms with Crippen LogP contribution in [0.5, 0.6) is 0 Å². The van der Waals surface area contributed by atoms with Gasteiger partial charge in [-0.25, -0.2) is 4.98 Å². The van der Waals surface area contributed by atoms with Crippen molar-refractivity contribution in [3.05, 3.63) is 29.1 Å². The third-order valence-corrected chi connectivity index (χ3v) is 1.72. The molecule has 0 unspecified atom stereocenters. The van der Waals surface area contributed by atoms with E-state index in [0.717, 1.165) is 6.07 Å². The minimum Gasteiger partial charge on any atom is -0.247 e. The Bertz CT molecular complexity index is 309. The maximum absolute atomic E-state index is 12.2. The highest BCUT2D eigenvalue weighted by molar-refractivity contribution is 6.16. The van der Waals surface area contributed by atoms with E-state index >= 15 is 0 Å². The van der Waals surface area contributed by atoms with Gasteiger partial charge in [-0.1, -0.05) is 0 Å². The summed E-state index contributed by atoms with van der Waals surface area (Å²) < 4.78 is 36.5. The number of rotatable bonds is 1. The van der Waals surface area contributed by atoms with Gasteiger partial charge >= 0.3 is 6.18 Å². The second kappa shape index (κ2) is 3.54. The average molecular weight is 210 g/mol. The van der Waals surface area contributed by atoms with Crippen molar-refractivity contribution in [2.24, 2.45) is 0 Å². The van der Waals surface area contributed by atoms with Crippen molar-refractivity contribution in [2.75, 3.05) is 0 Å². The molecule has 0 aliphatic rings. The molecule has 1 heterocycles. The molecule has 5 heteroatoms. The number of halogens is 4. The Morgan fingerprint density at radius 3 is 2.46 bits per heavy atom. The molecule has 0 aliphatic heterocycles. The van der Waals surface area contributed by atoms with Crippen molar-refractivity contribution in [1.29, 1.82) is 0 Å². The topological polar surface area (TPSA) is 12.9 Å². The Balaban J connectivity index is 3.16. The van der Waals surface area contributed by atoms with Gasteiger partial charge in [0, 0.05) is 0 Å². The molecular formula is C8H7ClF3N. The quantitative estimate of drug-likeness (QED) is 0.648. The number of hydrogen-bond acceptors (Lipinski definition) is 1. The summed E-state index contributed by atoms with van der Waals surface area (Å²) in [5, 5.41) is 0. The zero-order valence-corrected chi connectivity index (χ0v) is 7.58. The molecule has 1 rings (SSSR count). The maximum atomic E-state index is 12.2. The van der Waals surface area contributed by atoms with Crippen molar-refractivity contribution in [2.45, 2.75) is 19.0 Å². The van der Waals surface area contributed by atoms with Gasteiger partial charge in [-0.05, 0) is 24.6 Å². The van der Waals surface area contributed by atoms with E-state index in [9.17, 15) is 13.2 Å². The lowest BCUT2D eigenvalue weighted by Gasteiger charge is -2.07. The second-order valence-corrected chi connectivity index (χ2v) is 2.92. The lowest BCUT2D eigenvalue weighted by molar-refractivity contribution is -0.141. The zero-order chi connectivity index (χ0) is 10.1. The molecule has 0 aromatic carbocycles. The van der Waals surface area contributed by atoms with Crippen LogP contribution in [0.15, 0.2) is 12.1 Å². The summed E-state index contributed by atoms with van der Waals surface area (Å²) in [6, 6.07) is 2.53. The number of hydrogen-bond donors (Lipinski definition) is 0. The summed E-state index contributed by atoms with van der Waals surface area (Å²) in [4.78, 5) is 3.37. The van der Waals surface area contributed by atoms with E-state index in [1.165, 1.54) is 6.07 Å². The lowest BCUT2D eigenvalue weighted by Crippen LogP contribution is -2.09. The highest BCUT2D eigenvalue weighted by atomic mass is 35.5. The summed E-state index contributed by atoms with van der Waals surface area (Å²) in [7, 11) is 0. The number of aryl methyl sites for hydroxylation is 1. The van der Waals surface area contributed by atoms with E-state index in [4.69, 9.17) is 11.6 Å². The van der Waals surface area contributed by atoms with Crippen molar-refractivity contribution in [3.8, 4) is 0 Å². The fourth-order valence-electron chi connectivity index (χ4n) is 0.953. The Hall–Kier alpha value is -0.770. The van der Waals surface area contributed by atoms with Crippen molar-refractivity contribution in [1.82, 2.24) is 4.98 Å². The van der Waals surface area contributed by atoms with E-state index in [-0.39, 0.29) is 11.6 Å². The molecule has 72 valence electrons. The van der Waals surface area contributed by atoms with Crippen LogP contribution in [-0.4, -0.2) is 4.98 Å². The Morgan fingerprint density at radius 2 is 2.00 bits per heavy atom. The Kier molecular flexibility index (Phi) is 2.81. The summed E-state index contributed by atoms with van der Waals surface area (Å²) in [5.41, 5.74) is -0.130. The van der Waals surface area contributed by atoms with Gasteiger partial charge in [0.05, 0.1) is 11.6 Å². The number of aromatic nitrogens is 1. The number of pyridine rings is 1. The third kappa shape index (κ3) is 2.59. The van der Waals surface area contributed by atoms with Gasteiger partial charge in [0.2, 0.25) is 0 Å². The smallest absolute Gasteiger partial charge is 0.247 e. The van der Waals surface area contributed by atoms with Crippen LogP contribution in [0, 0.1) is 6.92 Å². The third-order valence-electron chi connectivity index (χ3n) is 1.45. The molecule has 0 radical (unpaired) electrons. The van der Waals surface area contributed by atoms with Crippen LogP contribution in [0.3, 0.4) is 0 Å². The predicted octanol–water partition coefficient (Wildman–Crippen LogP) is 3.15.